The standard InChI is InChI=1S/C27H28ClFN4O5/c1-37-19-4-3-5-20(38-2)24(19)33-21(9-8-15-6-7-15)31-25(34)22(27(33)36)26(35)32-11-10-16(14-32)23-18(29)12-17(28)13-30-23/h3-5,12-13,15-16,34H,6-11,14H2,1-2H3. The SMILES string of the molecule is COc1cccc(OC)c1-n1c(CCC2CC2)nc(O)c(C(=O)N2CCC(c3ncc(Cl)cc3F)C2)c1=O. The Hall–Kier alpha value is -3.66. The molecule has 1 saturated heterocycles. The summed E-state index contributed by atoms with van der Waals surface area (Å²) in [5.74, 6) is -0.667. The lowest BCUT2D eigenvalue weighted by Crippen LogP contribution is -2.37. The van der Waals surface area contributed by atoms with E-state index in [2.05, 4.69) is 9.97 Å². The van der Waals surface area contributed by atoms with E-state index in [0.29, 0.717) is 41.8 Å². The summed E-state index contributed by atoms with van der Waals surface area (Å²) in [6.45, 7) is 0.387. The number of halogens is 2. The van der Waals surface area contributed by atoms with Gasteiger partial charge in [-0.2, -0.15) is 4.98 Å². The van der Waals surface area contributed by atoms with Crippen molar-refractivity contribution in [3.63, 3.8) is 0 Å². The number of amides is 1. The molecule has 1 aromatic carbocycles. The number of para-hydroxylation sites is 1. The molecule has 11 heteroatoms. The average molecular weight is 543 g/mol. The Morgan fingerprint density at radius 3 is 2.55 bits per heavy atom. The van der Waals surface area contributed by atoms with Crippen LogP contribution in [0, 0.1) is 11.7 Å². The van der Waals surface area contributed by atoms with Crippen molar-refractivity contribution in [2.75, 3.05) is 27.3 Å². The van der Waals surface area contributed by atoms with E-state index in [4.69, 9.17) is 21.1 Å². The number of carbonyl (C=O) groups is 1. The van der Waals surface area contributed by atoms with Crippen molar-refractivity contribution in [3.8, 4) is 23.1 Å². The van der Waals surface area contributed by atoms with Crippen LogP contribution in [0.4, 0.5) is 4.39 Å². The van der Waals surface area contributed by atoms with Gasteiger partial charge in [-0.05, 0) is 37.0 Å². The number of ether oxygens (including phenoxy) is 2. The van der Waals surface area contributed by atoms with Gasteiger partial charge in [0.1, 0.15) is 28.8 Å². The summed E-state index contributed by atoms with van der Waals surface area (Å²) in [5, 5.41) is 11.0. The van der Waals surface area contributed by atoms with E-state index in [1.807, 2.05) is 0 Å². The lowest BCUT2D eigenvalue weighted by molar-refractivity contribution is 0.0784. The van der Waals surface area contributed by atoms with Crippen molar-refractivity contribution in [1.29, 1.82) is 0 Å². The highest BCUT2D eigenvalue weighted by Gasteiger charge is 2.35. The predicted molar refractivity (Wildman–Crippen MR) is 138 cm³/mol. The number of hydrogen-bond donors (Lipinski definition) is 1. The molecule has 3 aromatic rings. The minimum absolute atomic E-state index is 0.130. The van der Waals surface area contributed by atoms with Gasteiger partial charge in [-0.3, -0.25) is 19.1 Å². The Kier molecular flexibility index (Phi) is 7.25. The van der Waals surface area contributed by atoms with Gasteiger partial charge in [0.05, 0.1) is 24.9 Å². The molecule has 5 rings (SSSR count). The van der Waals surface area contributed by atoms with Gasteiger partial charge in [0.2, 0.25) is 5.88 Å². The topological polar surface area (TPSA) is 107 Å². The third kappa shape index (κ3) is 4.92. The number of nitrogens with zero attached hydrogens (tertiary/aromatic N) is 4. The van der Waals surface area contributed by atoms with Crippen LogP contribution >= 0.6 is 11.6 Å². The normalized spacial score (nSPS) is 17.1. The molecule has 2 aliphatic rings. The van der Waals surface area contributed by atoms with Crippen molar-refractivity contribution >= 4 is 17.5 Å². The Morgan fingerprint density at radius 2 is 1.92 bits per heavy atom. The van der Waals surface area contributed by atoms with Gasteiger partial charge in [0.15, 0.2) is 5.56 Å². The molecule has 1 amide bonds. The number of aryl methyl sites for hydroxylation is 1. The Balaban J connectivity index is 1.55. The maximum atomic E-state index is 14.5. The van der Waals surface area contributed by atoms with Crippen molar-refractivity contribution in [2.24, 2.45) is 5.92 Å². The summed E-state index contributed by atoms with van der Waals surface area (Å²) >= 11 is 5.83. The van der Waals surface area contributed by atoms with E-state index in [9.17, 15) is 19.1 Å². The summed E-state index contributed by atoms with van der Waals surface area (Å²) in [7, 11) is 2.95. The molecule has 1 atom stereocenters. The molecule has 38 heavy (non-hydrogen) atoms. The van der Waals surface area contributed by atoms with Gasteiger partial charge < -0.3 is 19.5 Å². The largest absolute Gasteiger partial charge is 0.494 e. The van der Waals surface area contributed by atoms with Crippen molar-refractivity contribution < 1.29 is 23.8 Å². The van der Waals surface area contributed by atoms with E-state index in [-0.39, 0.29) is 29.7 Å². The van der Waals surface area contributed by atoms with Crippen LogP contribution in [0.5, 0.6) is 17.4 Å². The number of carbonyl (C=O) groups excluding carboxylic acids is 1. The van der Waals surface area contributed by atoms with Gasteiger partial charge in [0, 0.05) is 31.6 Å². The predicted octanol–water partition coefficient (Wildman–Crippen LogP) is 4.12. The maximum Gasteiger partial charge on any atom is 0.275 e. The number of hydrogen-bond acceptors (Lipinski definition) is 7. The highest BCUT2D eigenvalue weighted by Crippen LogP contribution is 2.36. The fourth-order valence-electron chi connectivity index (χ4n) is 4.98. The molecule has 9 nitrogen and oxygen atoms in total. The maximum absolute atomic E-state index is 14.5. The van der Waals surface area contributed by atoms with Gasteiger partial charge in [0.25, 0.3) is 11.5 Å². The van der Waals surface area contributed by atoms with Crippen LogP contribution in [0.3, 0.4) is 0 Å². The van der Waals surface area contributed by atoms with E-state index in [1.165, 1.54) is 35.9 Å². The molecular weight excluding hydrogens is 515 g/mol. The second-order valence-electron chi connectivity index (χ2n) is 9.62. The lowest BCUT2D eigenvalue weighted by Gasteiger charge is -2.21. The zero-order valence-corrected chi connectivity index (χ0v) is 21.9. The smallest absolute Gasteiger partial charge is 0.275 e. The summed E-state index contributed by atoms with van der Waals surface area (Å²) in [6.07, 6.45) is 5.26. The second-order valence-corrected chi connectivity index (χ2v) is 10.1. The van der Waals surface area contributed by atoms with E-state index in [1.54, 1.807) is 18.2 Å². The van der Waals surface area contributed by atoms with Crippen LogP contribution in [0.2, 0.25) is 5.02 Å². The van der Waals surface area contributed by atoms with Crippen LogP contribution < -0.4 is 15.0 Å². The number of pyridine rings is 1. The molecule has 3 heterocycles. The number of rotatable bonds is 8. The summed E-state index contributed by atoms with van der Waals surface area (Å²) in [4.78, 5) is 37.4. The van der Waals surface area contributed by atoms with E-state index < -0.39 is 28.7 Å². The first-order chi connectivity index (χ1) is 18.3. The summed E-state index contributed by atoms with van der Waals surface area (Å²) in [6, 6.07) is 6.28. The molecule has 1 saturated carbocycles. The zero-order chi connectivity index (χ0) is 27.0. The van der Waals surface area contributed by atoms with Crippen molar-refractivity contribution in [2.45, 2.75) is 38.0 Å². The van der Waals surface area contributed by atoms with Gasteiger partial charge in [-0.1, -0.05) is 30.5 Å². The highest BCUT2D eigenvalue weighted by molar-refractivity contribution is 6.30. The monoisotopic (exact) mass is 542 g/mol. The van der Waals surface area contributed by atoms with Crippen LogP contribution in [0.15, 0.2) is 35.3 Å². The van der Waals surface area contributed by atoms with E-state index in [0.717, 1.165) is 19.3 Å². The summed E-state index contributed by atoms with van der Waals surface area (Å²) in [5.41, 5.74) is -0.672. The number of likely N-dealkylation sites (tertiary alicyclic amines) is 1. The van der Waals surface area contributed by atoms with Crippen molar-refractivity contribution in [3.05, 3.63) is 68.7 Å². The summed E-state index contributed by atoms with van der Waals surface area (Å²) < 4.78 is 26.8. The first kappa shape index (κ1) is 26.0. The zero-order valence-electron chi connectivity index (χ0n) is 21.1. The second kappa shape index (κ2) is 10.6. The minimum Gasteiger partial charge on any atom is -0.494 e. The minimum atomic E-state index is -0.727. The number of aromatic hydroxyl groups is 1. The van der Waals surface area contributed by atoms with Crippen molar-refractivity contribution in [1.82, 2.24) is 19.4 Å². The first-order valence-electron chi connectivity index (χ1n) is 12.5. The molecular formula is C27H28ClFN4O5. The quantitative estimate of drug-likeness (QED) is 0.456. The van der Waals surface area contributed by atoms with Gasteiger partial charge in [-0.25, -0.2) is 4.39 Å². The molecule has 0 bridgehead atoms. The molecule has 2 aromatic heterocycles. The average Bonchev–Trinajstić information content (AvgIpc) is 3.61. The Morgan fingerprint density at radius 1 is 1.21 bits per heavy atom. The molecule has 200 valence electrons. The molecule has 1 N–H and O–H groups in total. The number of methoxy groups -OCH3 is 2. The molecule has 1 aliphatic carbocycles. The molecule has 0 radical (unpaired) electrons. The third-order valence-electron chi connectivity index (χ3n) is 7.14. The van der Waals surface area contributed by atoms with Crippen LogP contribution in [0.25, 0.3) is 5.69 Å². The molecule has 0 spiro atoms. The van der Waals surface area contributed by atoms with E-state index >= 15 is 0 Å². The number of aromatic nitrogens is 3. The van der Waals surface area contributed by atoms with Crippen LogP contribution in [-0.2, 0) is 6.42 Å². The van der Waals surface area contributed by atoms with Gasteiger partial charge in [-0.15, -0.1) is 0 Å². The third-order valence-corrected chi connectivity index (χ3v) is 7.35. The Bertz CT molecular complexity index is 1420. The Labute approximate surface area is 223 Å². The fraction of sp³-hybridized carbons (Fsp3) is 0.407. The van der Waals surface area contributed by atoms with Crippen LogP contribution in [0.1, 0.15) is 53.5 Å². The molecule has 1 aliphatic heterocycles. The van der Waals surface area contributed by atoms with Gasteiger partial charge >= 0.3 is 0 Å². The fourth-order valence-corrected chi connectivity index (χ4v) is 5.13. The molecule has 2 fully saturated rings. The first-order valence-corrected chi connectivity index (χ1v) is 12.9. The molecule has 1 unspecified atom stereocenters. The highest BCUT2D eigenvalue weighted by atomic mass is 35.5. The van der Waals surface area contributed by atoms with Crippen LogP contribution in [-0.4, -0.2) is 57.8 Å². The number of benzene rings is 1. The lowest BCUT2D eigenvalue weighted by atomic mass is 10.0.